The second-order valence-electron chi connectivity index (χ2n) is 5.87. The fourth-order valence-corrected chi connectivity index (χ4v) is 2.90. The topological polar surface area (TPSA) is 39.9 Å². The first kappa shape index (κ1) is 13.6. The van der Waals surface area contributed by atoms with E-state index in [9.17, 15) is 5.11 Å². The van der Waals surface area contributed by atoms with Gasteiger partial charge in [0.1, 0.15) is 17.4 Å². The Hall–Kier alpha value is -1.36. The first-order valence-corrected chi connectivity index (χ1v) is 7.19. The van der Waals surface area contributed by atoms with E-state index in [4.69, 9.17) is 4.42 Å². The van der Waals surface area contributed by atoms with Gasteiger partial charge in [0.05, 0.1) is 0 Å². The lowest BCUT2D eigenvalue weighted by molar-refractivity contribution is 0.104. The van der Waals surface area contributed by atoms with Gasteiger partial charge in [-0.2, -0.15) is 0 Å². The molecule has 1 fully saturated rings. The lowest BCUT2D eigenvalue weighted by Crippen LogP contribution is -2.33. The number of hydrogen-bond donors (Lipinski definition) is 1. The Labute approximate surface area is 119 Å². The summed E-state index contributed by atoms with van der Waals surface area (Å²) in [7, 11) is 4.23. The monoisotopic (exact) mass is 274 g/mol. The maximum Gasteiger partial charge on any atom is 0.135 e. The van der Waals surface area contributed by atoms with Crippen LogP contribution in [0.2, 0.25) is 0 Å². The van der Waals surface area contributed by atoms with E-state index in [1.54, 1.807) is 0 Å². The Morgan fingerprint density at radius 1 is 1.40 bits per heavy atom. The van der Waals surface area contributed by atoms with Gasteiger partial charge in [-0.15, -0.1) is 0 Å². The smallest absolute Gasteiger partial charge is 0.135 e. The molecule has 4 heteroatoms. The molecule has 2 unspecified atom stereocenters. The van der Waals surface area contributed by atoms with Crippen LogP contribution >= 0.6 is 0 Å². The van der Waals surface area contributed by atoms with Gasteiger partial charge in [0.15, 0.2) is 0 Å². The van der Waals surface area contributed by atoms with Crippen molar-refractivity contribution >= 4 is 11.0 Å². The van der Waals surface area contributed by atoms with Crippen LogP contribution in [0.4, 0.5) is 0 Å². The number of likely N-dealkylation sites (tertiary alicyclic amines) is 1. The molecule has 0 radical (unpaired) electrons. The standard InChI is InChI=1S/C16H22N2O2/c1-17(2)13-7-8-18(10-13)11-14(19)16-9-12-5-3-4-6-15(12)20-16/h3-6,9,13-14,19H,7-8,10-11H2,1-2H3. The predicted octanol–water partition coefficient (Wildman–Crippen LogP) is 2.10. The second kappa shape index (κ2) is 5.56. The second-order valence-corrected chi connectivity index (χ2v) is 5.87. The molecule has 1 aromatic carbocycles. The maximum atomic E-state index is 10.4. The quantitative estimate of drug-likeness (QED) is 0.927. The summed E-state index contributed by atoms with van der Waals surface area (Å²) in [6, 6.07) is 10.4. The number of fused-ring (bicyclic) bond motifs is 1. The molecule has 1 aromatic heterocycles. The predicted molar refractivity (Wildman–Crippen MR) is 79.7 cm³/mol. The summed E-state index contributed by atoms with van der Waals surface area (Å²) >= 11 is 0. The fraction of sp³-hybridized carbons (Fsp3) is 0.500. The minimum absolute atomic E-state index is 0.552. The number of furan rings is 1. The molecule has 0 aliphatic carbocycles. The molecule has 1 aliphatic heterocycles. The summed E-state index contributed by atoms with van der Waals surface area (Å²) in [5, 5.41) is 11.4. The van der Waals surface area contributed by atoms with E-state index >= 15 is 0 Å². The third kappa shape index (κ3) is 2.73. The summed E-state index contributed by atoms with van der Waals surface area (Å²) in [5.74, 6) is 0.666. The van der Waals surface area contributed by atoms with Gasteiger partial charge >= 0.3 is 0 Å². The van der Waals surface area contributed by atoms with Crippen molar-refractivity contribution in [2.45, 2.75) is 18.6 Å². The van der Waals surface area contributed by atoms with Gasteiger partial charge in [-0.1, -0.05) is 18.2 Å². The Kier molecular flexibility index (Phi) is 3.78. The molecule has 108 valence electrons. The minimum Gasteiger partial charge on any atom is -0.458 e. The number of rotatable bonds is 4. The van der Waals surface area contributed by atoms with Gasteiger partial charge in [-0.25, -0.2) is 0 Å². The van der Waals surface area contributed by atoms with Crippen LogP contribution in [0.3, 0.4) is 0 Å². The Balaban J connectivity index is 1.66. The molecule has 1 aliphatic rings. The lowest BCUT2D eigenvalue weighted by atomic mass is 10.2. The zero-order valence-electron chi connectivity index (χ0n) is 12.1. The van der Waals surface area contributed by atoms with Crippen molar-refractivity contribution in [2.75, 3.05) is 33.7 Å². The van der Waals surface area contributed by atoms with Gasteiger partial charge in [-0.05, 0) is 39.2 Å². The van der Waals surface area contributed by atoms with Crippen LogP contribution in [-0.4, -0.2) is 54.7 Å². The van der Waals surface area contributed by atoms with Crippen molar-refractivity contribution in [2.24, 2.45) is 0 Å². The highest BCUT2D eigenvalue weighted by Crippen LogP contribution is 2.25. The maximum absolute atomic E-state index is 10.4. The largest absolute Gasteiger partial charge is 0.458 e. The molecular weight excluding hydrogens is 252 g/mol. The van der Waals surface area contributed by atoms with Gasteiger partial charge in [0.2, 0.25) is 0 Å². The molecule has 0 saturated carbocycles. The summed E-state index contributed by atoms with van der Waals surface area (Å²) in [6.45, 7) is 2.70. The number of nitrogens with zero attached hydrogens (tertiary/aromatic N) is 2. The van der Waals surface area contributed by atoms with Crippen molar-refractivity contribution in [1.29, 1.82) is 0 Å². The molecule has 1 saturated heterocycles. The van der Waals surface area contributed by atoms with Crippen molar-refractivity contribution < 1.29 is 9.52 Å². The van der Waals surface area contributed by atoms with Crippen LogP contribution in [0.1, 0.15) is 18.3 Å². The van der Waals surface area contributed by atoms with Crippen LogP contribution in [0, 0.1) is 0 Å². The highest BCUT2D eigenvalue weighted by Gasteiger charge is 2.26. The molecule has 0 bridgehead atoms. The van der Waals surface area contributed by atoms with Gasteiger partial charge in [0, 0.05) is 24.5 Å². The van der Waals surface area contributed by atoms with Crippen LogP contribution in [-0.2, 0) is 0 Å². The number of likely N-dealkylation sites (N-methyl/N-ethyl adjacent to an activating group) is 1. The first-order valence-electron chi connectivity index (χ1n) is 7.19. The molecule has 3 rings (SSSR count). The zero-order chi connectivity index (χ0) is 14.1. The van der Waals surface area contributed by atoms with E-state index < -0.39 is 6.10 Å². The highest BCUT2D eigenvalue weighted by atomic mass is 16.4. The van der Waals surface area contributed by atoms with E-state index in [1.807, 2.05) is 30.3 Å². The average Bonchev–Trinajstić information content (AvgIpc) is 3.04. The fourth-order valence-electron chi connectivity index (χ4n) is 2.90. The van der Waals surface area contributed by atoms with E-state index in [0.717, 1.165) is 24.1 Å². The summed E-state index contributed by atoms with van der Waals surface area (Å²) in [6.07, 6.45) is 0.614. The van der Waals surface area contributed by atoms with Crippen molar-refractivity contribution in [3.8, 4) is 0 Å². The van der Waals surface area contributed by atoms with E-state index in [-0.39, 0.29) is 0 Å². The highest BCUT2D eigenvalue weighted by molar-refractivity contribution is 5.77. The number of aliphatic hydroxyl groups excluding tert-OH is 1. The average molecular weight is 274 g/mol. The van der Waals surface area contributed by atoms with Crippen molar-refractivity contribution in [3.63, 3.8) is 0 Å². The SMILES string of the molecule is CN(C)C1CCN(CC(O)c2cc3ccccc3o2)C1. The van der Waals surface area contributed by atoms with Gasteiger partial charge in [-0.3, -0.25) is 4.90 Å². The number of para-hydroxylation sites is 1. The van der Waals surface area contributed by atoms with Gasteiger partial charge < -0.3 is 14.4 Å². The van der Waals surface area contributed by atoms with Crippen LogP contribution < -0.4 is 0 Å². The number of β-amino-alcohol motifs (C(OH)–C–C–N with tert-alkyl or cyclic N) is 1. The molecule has 2 aromatic rings. The first-order chi connectivity index (χ1) is 9.63. The summed E-state index contributed by atoms with van der Waals surface area (Å²) < 4.78 is 5.73. The third-order valence-electron chi connectivity index (χ3n) is 4.18. The van der Waals surface area contributed by atoms with Crippen LogP contribution in [0.15, 0.2) is 34.7 Å². The lowest BCUT2D eigenvalue weighted by Gasteiger charge is -2.21. The number of hydrogen-bond acceptors (Lipinski definition) is 4. The Morgan fingerprint density at radius 2 is 2.20 bits per heavy atom. The third-order valence-corrected chi connectivity index (χ3v) is 4.18. The number of benzene rings is 1. The van der Waals surface area contributed by atoms with Crippen LogP contribution in [0.25, 0.3) is 11.0 Å². The minimum atomic E-state index is -0.552. The molecule has 4 nitrogen and oxygen atoms in total. The van der Waals surface area contributed by atoms with E-state index in [2.05, 4.69) is 23.9 Å². The van der Waals surface area contributed by atoms with Gasteiger partial charge in [0.25, 0.3) is 0 Å². The molecule has 0 amide bonds. The van der Waals surface area contributed by atoms with Crippen molar-refractivity contribution in [3.05, 3.63) is 36.1 Å². The normalized spacial score (nSPS) is 21.9. The zero-order valence-corrected chi connectivity index (χ0v) is 12.1. The Morgan fingerprint density at radius 3 is 2.90 bits per heavy atom. The van der Waals surface area contributed by atoms with Crippen LogP contribution in [0.5, 0.6) is 0 Å². The van der Waals surface area contributed by atoms with Crippen molar-refractivity contribution in [1.82, 2.24) is 9.80 Å². The molecule has 1 N–H and O–H groups in total. The Bertz CT molecular complexity index is 546. The molecule has 2 heterocycles. The summed E-state index contributed by atoms with van der Waals surface area (Å²) in [4.78, 5) is 4.57. The molecule has 2 atom stereocenters. The number of aliphatic hydroxyl groups is 1. The summed E-state index contributed by atoms with van der Waals surface area (Å²) in [5.41, 5.74) is 0.842. The molecule has 20 heavy (non-hydrogen) atoms. The molecular formula is C16H22N2O2. The molecule has 0 spiro atoms. The van der Waals surface area contributed by atoms with E-state index in [1.165, 1.54) is 6.42 Å². The van der Waals surface area contributed by atoms with E-state index in [0.29, 0.717) is 18.3 Å².